The molecule has 0 saturated heterocycles. The zero-order chi connectivity index (χ0) is 17.2. The molecule has 2 aromatic rings. The number of aliphatic hydroxyl groups excluding tert-OH is 1. The van der Waals surface area contributed by atoms with Crippen molar-refractivity contribution in [2.45, 2.75) is 45.6 Å². The first-order valence-corrected chi connectivity index (χ1v) is 9.36. The Labute approximate surface area is 146 Å². The van der Waals surface area contributed by atoms with Crippen LogP contribution in [0, 0.1) is 0 Å². The molecule has 0 saturated carbocycles. The Kier molecular flexibility index (Phi) is 8.06. The van der Waals surface area contributed by atoms with Crippen LogP contribution < -0.4 is 9.64 Å². The molecule has 2 N–H and O–H groups in total. The van der Waals surface area contributed by atoms with Crippen LogP contribution in [0.1, 0.15) is 39.5 Å². The molecule has 0 radical (unpaired) electrons. The predicted octanol–water partition coefficient (Wildman–Crippen LogP) is 3.06. The maximum absolute atomic E-state index is 10.4. The summed E-state index contributed by atoms with van der Waals surface area (Å²) in [6.45, 7) is 7.85. The summed E-state index contributed by atoms with van der Waals surface area (Å²) in [5, 5.41) is 12.7. The quantitative estimate of drug-likeness (QED) is 0.664. The van der Waals surface area contributed by atoms with Crippen molar-refractivity contribution in [1.82, 2.24) is 0 Å². The number of fused-ring (bicyclic) bond motifs is 1. The Balaban J connectivity index is 1.89. The number of ether oxygens (including phenoxy) is 1. The van der Waals surface area contributed by atoms with E-state index in [4.69, 9.17) is 4.74 Å². The molecular formula is C21H32NO2+. The number of hydrogen-bond acceptors (Lipinski definition) is 2. The lowest BCUT2D eigenvalue weighted by Crippen LogP contribution is -3.13. The number of benzene rings is 2. The van der Waals surface area contributed by atoms with E-state index in [2.05, 4.69) is 32.0 Å². The van der Waals surface area contributed by atoms with Crippen LogP contribution in [0.15, 0.2) is 42.5 Å². The molecule has 0 aliphatic heterocycles. The van der Waals surface area contributed by atoms with Crippen molar-refractivity contribution in [3.63, 3.8) is 0 Å². The Bertz CT molecular complexity index is 586. The molecule has 24 heavy (non-hydrogen) atoms. The first kappa shape index (κ1) is 18.8. The van der Waals surface area contributed by atoms with Crippen LogP contribution >= 0.6 is 0 Å². The van der Waals surface area contributed by atoms with Gasteiger partial charge in [-0.05, 0) is 24.3 Å². The smallest absolute Gasteiger partial charge is 0.137 e. The molecule has 1 atom stereocenters. The van der Waals surface area contributed by atoms with Crippen molar-refractivity contribution < 1.29 is 14.7 Å². The molecule has 0 spiro atoms. The summed E-state index contributed by atoms with van der Waals surface area (Å²) in [5.41, 5.74) is 0. The van der Waals surface area contributed by atoms with Gasteiger partial charge in [-0.25, -0.2) is 0 Å². The van der Waals surface area contributed by atoms with Gasteiger partial charge in [-0.1, -0.05) is 63.1 Å². The number of unbranched alkanes of at least 4 members (excludes halogenated alkanes) is 2. The van der Waals surface area contributed by atoms with Crippen LogP contribution in [0.5, 0.6) is 5.75 Å². The molecule has 132 valence electrons. The van der Waals surface area contributed by atoms with Crippen molar-refractivity contribution in [3.8, 4) is 5.75 Å². The fraction of sp³-hybridized carbons (Fsp3) is 0.524. The molecule has 3 heteroatoms. The van der Waals surface area contributed by atoms with E-state index >= 15 is 0 Å². The van der Waals surface area contributed by atoms with Crippen LogP contribution in [0.3, 0.4) is 0 Å². The van der Waals surface area contributed by atoms with E-state index in [0.717, 1.165) is 30.8 Å². The largest absolute Gasteiger partial charge is 0.490 e. The highest BCUT2D eigenvalue weighted by Gasteiger charge is 2.15. The Hall–Kier alpha value is -1.58. The van der Waals surface area contributed by atoms with Gasteiger partial charge in [-0.3, -0.25) is 0 Å². The van der Waals surface area contributed by atoms with Crippen LogP contribution in [0.2, 0.25) is 0 Å². The van der Waals surface area contributed by atoms with Crippen LogP contribution in [-0.2, 0) is 0 Å². The van der Waals surface area contributed by atoms with Crippen LogP contribution in [-0.4, -0.2) is 37.5 Å². The third-order valence-electron chi connectivity index (χ3n) is 4.47. The third-order valence-corrected chi connectivity index (χ3v) is 4.47. The average molecular weight is 330 g/mol. The Morgan fingerprint density at radius 1 is 0.958 bits per heavy atom. The van der Waals surface area contributed by atoms with Gasteiger partial charge in [0, 0.05) is 5.39 Å². The lowest BCUT2D eigenvalue weighted by atomic mass is 10.1. The summed E-state index contributed by atoms with van der Waals surface area (Å²) in [4.78, 5) is 1.49. The van der Waals surface area contributed by atoms with Gasteiger partial charge in [-0.2, -0.15) is 0 Å². The number of aliphatic hydroxyl groups is 1. The van der Waals surface area contributed by atoms with E-state index in [9.17, 15) is 5.11 Å². The minimum atomic E-state index is -0.423. The van der Waals surface area contributed by atoms with Crippen LogP contribution in [0.4, 0.5) is 0 Å². The first-order chi connectivity index (χ1) is 11.7. The van der Waals surface area contributed by atoms with E-state index in [0.29, 0.717) is 6.61 Å². The van der Waals surface area contributed by atoms with Crippen molar-refractivity contribution >= 4 is 10.8 Å². The molecule has 0 heterocycles. The second-order valence-corrected chi connectivity index (χ2v) is 6.60. The Morgan fingerprint density at radius 2 is 1.62 bits per heavy atom. The number of hydrogen-bond donors (Lipinski definition) is 2. The summed E-state index contributed by atoms with van der Waals surface area (Å²) in [6, 6.07) is 14.3. The summed E-state index contributed by atoms with van der Waals surface area (Å²) in [6.07, 6.45) is 4.43. The van der Waals surface area contributed by atoms with Crippen molar-refractivity contribution in [2.24, 2.45) is 0 Å². The monoisotopic (exact) mass is 330 g/mol. The molecule has 2 aromatic carbocycles. The standard InChI is InChI=1S/C21H31NO2/c1-3-5-14-22(15-6-4-2)16-19(23)17-24-21-13-9-11-18-10-7-8-12-20(18)21/h7-13,19,23H,3-6,14-17H2,1-2H3/p+1/t19-/m0/s1. The van der Waals surface area contributed by atoms with E-state index in [-0.39, 0.29) is 0 Å². The molecule has 3 nitrogen and oxygen atoms in total. The van der Waals surface area contributed by atoms with Crippen molar-refractivity contribution in [2.75, 3.05) is 26.2 Å². The molecule has 2 rings (SSSR count). The molecular weight excluding hydrogens is 298 g/mol. The van der Waals surface area contributed by atoms with E-state index < -0.39 is 6.10 Å². The summed E-state index contributed by atoms with van der Waals surface area (Å²) in [7, 11) is 0. The third kappa shape index (κ3) is 5.81. The molecule has 0 aliphatic carbocycles. The second-order valence-electron chi connectivity index (χ2n) is 6.60. The van der Waals surface area contributed by atoms with Gasteiger partial charge in [0.15, 0.2) is 0 Å². The maximum atomic E-state index is 10.4. The maximum Gasteiger partial charge on any atom is 0.137 e. The zero-order valence-electron chi connectivity index (χ0n) is 15.1. The topological polar surface area (TPSA) is 33.9 Å². The predicted molar refractivity (Wildman–Crippen MR) is 101 cm³/mol. The summed E-state index contributed by atoms with van der Waals surface area (Å²) in [5.74, 6) is 0.857. The highest BCUT2D eigenvalue weighted by Crippen LogP contribution is 2.25. The molecule has 0 fully saturated rings. The number of quaternary nitrogens is 1. The fourth-order valence-corrected chi connectivity index (χ4v) is 3.08. The number of rotatable bonds is 11. The molecule has 0 aromatic heterocycles. The molecule has 0 bridgehead atoms. The number of nitrogens with one attached hydrogen (secondary N) is 1. The zero-order valence-corrected chi connectivity index (χ0v) is 15.1. The SMILES string of the molecule is CCCC[NH+](CCCC)C[C@H](O)COc1cccc2ccccc12. The van der Waals surface area contributed by atoms with E-state index in [1.54, 1.807) is 0 Å². The fourth-order valence-electron chi connectivity index (χ4n) is 3.08. The van der Waals surface area contributed by atoms with Crippen LogP contribution in [0.25, 0.3) is 10.8 Å². The lowest BCUT2D eigenvalue weighted by Gasteiger charge is -2.22. The van der Waals surface area contributed by atoms with Gasteiger partial charge in [0.1, 0.15) is 25.0 Å². The van der Waals surface area contributed by atoms with Gasteiger partial charge < -0.3 is 14.7 Å². The first-order valence-electron chi connectivity index (χ1n) is 9.36. The minimum Gasteiger partial charge on any atom is -0.490 e. The lowest BCUT2D eigenvalue weighted by molar-refractivity contribution is -0.903. The van der Waals surface area contributed by atoms with Gasteiger partial charge in [-0.15, -0.1) is 0 Å². The van der Waals surface area contributed by atoms with Gasteiger partial charge in [0.2, 0.25) is 0 Å². The van der Waals surface area contributed by atoms with Crippen molar-refractivity contribution in [1.29, 1.82) is 0 Å². The summed E-state index contributed by atoms with van der Waals surface area (Å²) < 4.78 is 5.93. The highest BCUT2D eigenvalue weighted by molar-refractivity contribution is 5.88. The Morgan fingerprint density at radius 3 is 2.33 bits per heavy atom. The molecule has 0 unspecified atom stereocenters. The van der Waals surface area contributed by atoms with E-state index in [1.807, 2.05) is 24.3 Å². The molecule has 0 amide bonds. The average Bonchev–Trinajstić information content (AvgIpc) is 2.62. The van der Waals surface area contributed by atoms with Gasteiger partial charge in [0.25, 0.3) is 0 Å². The van der Waals surface area contributed by atoms with Gasteiger partial charge >= 0.3 is 0 Å². The minimum absolute atomic E-state index is 0.357. The second kappa shape index (κ2) is 10.3. The highest BCUT2D eigenvalue weighted by atomic mass is 16.5. The normalized spacial score (nSPS) is 12.7. The summed E-state index contributed by atoms with van der Waals surface area (Å²) >= 11 is 0. The van der Waals surface area contributed by atoms with Crippen molar-refractivity contribution in [3.05, 3.63) is 42.5 Å². The molecule has 0 aliphatic rings. The van der Waals surface area contributed by atoms with E-state index in [1.165, 1.54) is 36.0 Å². The van der Waals surface area contributed by atoms with Gasteiger partial charge in [0.05, 0.1) is 13.1 Å².